The molecule has 1 atom stereocenters. The molecule has 0 heterocycles. The van der Waals surface area contributed by atoms with Gasteiger partial charge in [-0.15, -0.1) is 6.42 Å². The molecular formula is C13H16O. The topological polar surface area (TPSA) is 20.2 Å². The molecule has 1 N–H and O–H groups in total. The second kappa shape index (κ2) is 3.48. The summed E-state index contributed by atoms with van der Waals surface area (Å²) in [6, 6.07) is 9.37. The van der Waals surface area contributed by atoms with Gasteiger partial charge in [-0.2, -0.15) is 0 Å². The van der Waals surface area contributed by atoms with E-state index in [1.54, 1.807) is 0 Å². The van der Waals surface area contributed by atoms with E-state index in [1.165, 1.54) is 0 Å². The van der Waals surface area contributed by atoms with Crippen LogP contribution in [0.1, 0.15) is 26.3 Å². The van der Waals surface area contributed by atoms with Crippen LogP contribution in [0.3, 0.4) is 0 Å². The number of terminal acetylenes is 1. The first-order valence-electron chi connectivity index (χ1n) is 4.67. The summed E-state index contributed by atoms with van der Waals surface area (Å²) in [7, 11) is 0. The molecule has 0 spiro atoms. The van der Waals surface area contributed by atoms with Crippen LogP contribution in [0.15, 0.2) is 30.3 Å². The van der Waals surface area contributed by atoms with Gasteiger partial charge in [0.25, 0.3) is 0 Å². The van der Waals surface area contributed by atoms with E-state index in [2.05, 4.69) is 5.92 Å². The summed E-state index contributed by atoms with van der Waals surface area (Å²) in [6.45, 7) is 5.79. The highest BCUT2D eigenvalue weighted by atomic mass is 16.3. The lowest BCUT2D eigenvalue weighted by Crippen LogP contribution is -2.38. The van der Waals surface area contributed by atoms with E-state index in [0.717, 1.165) is 5.56 Å². The predicted molar refractivity (Wildman–Crippen MR) is 58.6 cm³/mol. The number of benzene rings is 1. The highest BCUT2D eigenvalue weighted by Crippen LogP contribution is 2.38. The summed E-state index contributed by atoms with van der Waals surface area (Å²) >= 11 is 0. The molecule has 0 radical (unpaired) electrons. The Morgan fingerprint density at radius 3 is 2.00 bits per heavy atom. The monoisotopic (exact) mass is 188 g/mol. The number of hydrogen-bond donors (Lipinski definition) is 1. The zero-order valence-corrected chi connectivity index (χ0v) is 8.91. The Bertz CT molecular complexity index is 340. The third kappa shape index (κ3) is 1.66. The zero-order chi connectivity index (χ0) is 10.8. The first-order chi connectivity index (χ1) is 6.42. The minimum absolute atomic E-state index is 0.372. The second-order valence-electron chi connectivity index (χ2n) is 4.47. The molecule has 0 amide bonds. The molecule has 1 unspecified atom stereocenters. The average molecular weight is 188 g/mol. The molecule has 0 aliphatic rings. The lowest BCUT2D eigenvalue weighted by atomic mass is 9.73. The SMILES string of the molecule is C#CC(O)(c1ccccc1)C(C)(C)C. The van der Waals surface area contributed by atoms with Gasteiger partial charge >= 0.3 is 0 Å². The van der Waals surface area contributed by atoms with Gasteiger partial charge in [-0.3, -0.25) is 0 Å². The van der Waals surface area contributed by atoms with Crippen LogP contribution in [0.2, 0.25) is 0 Å². The quantitative estimate of drug-likeness (QED) is 0.671. The molecule has 74 valence electrons. The molecule has 14 heavy (non-hydrogen) atoms. The molecule has 0 aliphatic carbocycles. The third-order valence-electron chi connectivity index (χ3n) is 2.49. The number of rotatable bonds is 1. The fourth-order valence-electron chi connectivity index (χ4n) is 1.41. The Morgan fingerprint density at radius 2 is 1.64 bits per heavy atom. The van der Waals surface area contributed by atoms with Crippen molar-refractivity contribution in [3.63, 3.8) is 0 Å². The van der Waals surface area contributed by atoms with Gasteiger partial charge in [0.15, 0.2) is 5.60 Å². The van der Waals surface area contributed by atoms with E-state index >= 15 is 0 Å². The molecule has 0 saturated carbocycles. The summed E-state index contributed by atoms with van der Waals surface area (Å²) in [5.74, 6) is 2.49. The van der Waals surface area contributed by atoms with Crippen molar-refractivity contribution in [3.8, 4) is 12.3 Å². The summed E-state index contributed by atoms with van der Waals surface area (Å²) in [5.41, 5.74) is -0.799. The largest absolute Gasteiger partial charge is 0.373 e. The second-order valence-corrected chi connectivity index (χ2v) is 4.47. The van der Waals surface area contributed by atoms with Gasteiger partial charge in [0.1, 0.15) is 0 Å². The van der Waals surface area contributed by atoms with Crippen molar-refractivity contribution in [2.24, 2.45) is 5.41 Å². The van der Waals surface area contributed by atoms with E-state index in [-0.39, 0.29) is 5.41 Å². The van der Waals surface area contributed by atoms with Gasteiger partial charge < -0.3 is 5.11 Å². The van der Waals surface area contributed by atoms with Crippen molar-refractivity contribution in [2.75, 3.05) is 0 Å². The molecule has 0 saturated heterocycles. The van der Waals surface area contributed by atoms with Crippen LogP contribution < -0.4 is 0 Å². The third-order valence-corrected chi connectivity index (χ3v) is 2.49. The lowest BCUT2D eigenvalue weighted by Gasteiger charge is -2.36. The first-order valence-corrected chi connectivity index (χ1v) is 4.67. The van der Waals surface area contributed by atoms with Crippen LogP contribution in [-0.2, 0) is 5.60 Å². The molecule has 1 aromatic carbocycles. The van der Waals surface area contributed by atoms with Crippen LogP contribution in [0.4, 0.5) is 0 Å². The maximum atomic E-state index is 10.4. The fourth-order valence-corrected chi connectivity index (χ4v) is 1.41. The van der Waals surface area contributed by atoms with Gasteiger partial charge in [-0.05, 0) is 5.56 Å². The number of aliphatic hydroxyl groups is 1. The Kier molecular flexibility index (Phi) is 2.69. The van der Waals surface area contributed by atoms with E-state index in [9.17, 15) is 5.11 Å². The van der Waals surface area contributed by atoms with E-state index in [0.29, 0.717) is 0 Å². The molecule has 1 aromatic rings. The predicted octanol–water partition coefficient (Wildman–Crippen LogP) is 2.55. The van der Waals surface area contributed by atoms with Crippen molar-refractivity contribution in [1.82, 2.24) is 0 Å². The maximum absolute atomic E-state index is 10.4. The highest BCUT2D eigenvalue weighted by molar-refractivity contribution is 5.32. The van der Waals surface area contributed by atoms with Crippen LogP contribution in [0.25, 0.3) is 0 Å². The first kappa shape index (κ1) is 10.8. The van der Waals surface area contributed by atoms with Crippen LogP contribution in [0, 0.1) is 17.8 Å². The number of hydrogen-bond acceptors (Lipinski definition) is 1. The Balaban J connectivity index is 3.25. The minimum atomic E-state index is -1.20. The van der Waals surface area contributed by atoms with Crippen molar-refractivity contribution in [3.05, 3.63) is 35.9 Å². The van der Waals surface area contributed by atoms with Gasteiger partial charge in [-0.1, -0.05) is 57.0 Å². The van der Waals surface area contributed by atoms with E-state index < -0.39 is 5.60 Å². The molecule has 0 fully saturated rings. The van der Waals surface area contributed by atoms with Gasteiger partial charge in [0.2, 0.25) is 0 Å². The van der Waals surface area contributed by atoms with Crippen molar-refractivity contribution in [2.45, 2.75) is 26.4 Å². The van der Waals surface area contributed by atoms with E-state index in [1.807, 2.05) is 51.1 Å². The van der Waals surface area contributed by atoms with E-state index in [4.69, 9.17) is 6.42 Å². The van der Waals surface area contributed by atoms with Crippen molar-refractivity contribution < 1.29 is 5.11 Å². The zero-order valence-electron chi connectivity index (χ0n) is 8.91. The van der Waals surface area contributed by atoms with Crippen LogP contribution in [-0.4, -0.2) is 5.11 Å². The summed E-state index contributed by atoms with van der Waals surface area (Å²) < 4.78 is 0. The summed E-state index contributed by atoms with van der Waals surface area (Å²) in [6.07, 6.45) is 5.43. The van der Waals surface area contributed by atoms with Crippen LogP contribution >= 0.6 is 0 Å². The Hall–Kier alpha value is -1.26. The Labute approximate surface area is 85.8 Å². The minimum Gasteiger partial charge on any atom is -0.373 e. The molecular weight excluding hydrogens is 172 g/mol. The average Bonchev–Trinajstić information content (AvgIpc) is 2.16. The van der Waals surface area contributed by atoms with Gasteiger partial charge in [0, 0.05) is 5.41 Å². The molecule has 1 rings (SSSR count). The smallest absolute Gasteiger partial charge is 0.155 e. The Morgan fingerprint density at radius 1 is 1.14 bits per heavy atom. The molecule has 1 nitrogen and oxygen atoms in total. The highest BCUT2D eigenvalue weighted by Gasteiger charge is 2.39. The summed E-state index contributed by atoms with van der Waals surface area (Å²) in [4.78, 5) is 0. The van der Waals surface area contributed by atoms with Crippen molar-refractivity contribution in [1.29, 1.82) is 0 Å². The fraction of sp³-hybridized carbons (Fsp3) is 0.385. The summed E-state index contributed by atoms with van der Waals surface area (Å²) in [5, 5.41) is 10.4. The van der Waals surface area contributed by atoms with Crippen LogP contribution in [0.5, 0.6) is 0 Å². The molecule has 1 heteroatoms. The normalized spacial score (nSPS) is 15.6. The molecule has 0 bridgehead atoms. The van der Waals surface area contributed by atoms with Gasteiger partial charge in [-0.25, -0.2) is 0 Å². The maximum Gasteiger partial charge on any atom is 0.155 e. The van der Waals surface area contributed by atoms with Crippen molar-refractivity contribution >= 4 is 0 Å². The van der Waals surface area contributed by atoms with Gasteiger partial charge in [0.05, 0.1) is 0 Å². The lowest BCUT2D eigenvalue weighted by molar-refractivity contribution is -0.00885. The molecule has 0 aromatic heterocycles. The molecule has 0 aliphatic heterocycles. The standard InChI is InChI=1S/C13H16O/c1-5-13(14,12(2,3)4)11-9-7-6-8-10-11/h1,6-10,14H,2-4H3.